The van der Waals surface area contributed by atoms with Crippen LogP contribution in [0, 0.1) is 0 Å². The molecule has 0 saturated heterocycles. The number of anilines is 1. The number of hydrogen-bond donors (Lipinski definition) is 1. The van der Waals surface area contributed by atoms with Crippen LogP contribution in [-0.2, 0) is 6.18 Å². The third kappa shape index (κ3) is 3.04. The number of imidazole rings is 1. The van der Waals surface area contributed by atoms with E-state index in [0.29, 0.717) is 23.3 Å². The number of rotatable bonds is 4. The van der Waals surface area contributed by atoms with Gasteiger partial charge in [0, 0.05) is 19.5 Å². The van der Waals surface area contributed by atoms with E-state index in [1.54, 1.807) is 25.2 Å². The zero-order valence-corrected chi connectivity index (χ0v) is 14.5. The van der Waals surface area contributed by atoms with Crippen molar-refractivity contribution in [2.75, 3.05) is 19.0 Å². The van der Waals surface area contributed by atoms with E-state index in [0.717, 1.165) is 12.1 Å². The minimum atomic E-state index is -4.51. The van der Waals surface area contributed by atoms with E-state index in [9.17, 15) is 18.0 Å². The van der Waals surface area contributed by atoms with Gasteiger partial charge in [-0.05, 0) is 24.6 Å². The van der Waals surface area contributed by atoms with Crippen LogP contribution in [-0.4, -0.2) is 33.6 Å². The Bertz CT molecular complexity index is 976. The maximum Gasteiger partial charge on any atom is 0.416 e. The van der Waals surface area contributed by atoms with Gasteiger partial charge in [-0.1, -0.05) is 6.92 Å². The fourth-order valence-electron chi connectivity index (χ4n) is 3.04. The maximum atomic E-state index is 13.2. The predicted octanol–water partition coefficient (Wildman–Crippen LogP) is 3.20. The standard InChI is InChI=1S/C17H18F3N5O/c1-4-13(12-8-21-9-22-12)25-14-7-10(17(18,19)20)5-6-11(14)15(24(2)3)23-16(25)26/h5-9,13H,4H2,1-3H3,(H,21,22)/t13-/m1/s1. The highest BCUT2D eigenvalue weighted by atomic mass is 19.4. The Morgan fingerprint density at radius 1 is 1.31 bits per heavy atom. The zero-order valence-electron chi connectivity index (χ0n) is 14.5. The number of aromatic nitrogens is 4. The Morgan fingerprint density at radius 3 is 2.58 bits per heavy atom. The monoisotopic (exact) mass is 365 g/mol. The van der Waals surface area contributed by atoms with Gasteiger partial charge in [0.15, 0.2) is 0 Å². The molecule has 1 aromatic carbocycles. The first kappa shape index (κ1) is 18.0. The summed E-state index contributed by atoms with van der Waals surface area (Å²) in [6, 6.07) is 2.86. The van der Waals surface area contributed by atoms with Crippen molar-refractivity contribution < 1.29 is 13.2 Å². The number of halogens is 3. The summed E-state index contributed by atoms with van der Waals surface area (Å²) in [4.78, 5) is 25.3. The largest absolute Gasteiger partial charge is 0.416 e. The Hall–Kier alpha value is -2.84. The first-order valence-corrected chi connectivity index (χ1v) is 8.03. The lowest BCUT2D eigenvalue weighted by molar-refractivity contribution is -0.137. The second kappa shape index (κ2) is 6.47. The Balaban J connectivity index is 2.39. The van der Waals surface area contributed by atoms with Crippen molar-refractivity contribution in [1.29, 1.82) is 0 Å². The summed E-state index contributed by atoms with van der Waals surface area (Å²) >= 11 is 0. The molecule has 3 aromatic rings. The van der Waals surface area contributed by atoms with Gasteiger partial charge in [-0.3, -0.25) is 4.57 Å². The Labute approximate surface area is 147 Å². The summed E-state index contributed by atoms with van der Waals surface area (Å²) in [5.41, 5.74) is -0.604. The van der Waals surface area contributed by atoms with Crippen molar-refractivity contribution in [2.24, 2.45) is 0 Å². The van der Waals surface area contributed by atoms with E-state index in [1.807, 2.05) is 6.92 Å². The summed E-state index contributed by atoms with van der Waals surface area (Å²) < 4.78 is 41.0. The van der Waals surface area contributed by atoms with Gasteiger partial charge in [-0.25, -0.2) is 9.78 Å². The van der Waals surface area contributed by atoms with Crippen molar-refractivity contribution in [2.45, 2.75) is 25.6 Å². The van der Waals surface area contributed by atoms with Crippen molar-refractivity contribution in [3.8, 4) is 0 Å². The normalized spacial score (nSPS) is 13.2. The van der Waals surface area contributed by atoms with E-state index < -0.39 is 23.5 Å². The third-order valence-electron chi connectivity index (χ3n) is 4.23. The van der Waals surface area contributed by atoms with E-state index >= 15 is 0 Å². The lowest BCUT2D eigenvalue weighted by Gasteiger charge is -2.22. The predicted molar refractivity (Wildman–Crippen MR) is 92.3 cm³/mol. The van der Waals surface area contributed by atoms with Gasteiger partial charge in [-0.15, -0.1) is 0 Å². The third-order valence-corrected chi connectivity index (χ3v) is 4.23. The number of nitrogens with one attached hydrogen (secondary N) is 1. The number of nitrogens with zero attached hydrogens (tertiary/aromatic N) is 4. The second-order valence-electron chi connectivity index (χ2n) is 6.14. The van der Waals surface area contributed by atoms with Crippen LogP contribution in [0.15, 0.2) is 35.5 Å². The molecular weight excluding hydrogens is 347 g/mol. The number of hydrogen-bond acceptors (Lipinski definition) is 4. The van der Waals surface area contributed by atoms with Crippen LogP contribution in [0.4, 0.5) is 19.0 Å². The molecule has 0 unspecified atom stereocenters. The minimum absolute atomic E-state index is 0.185. The lowest BCUT2D eigenvalue weighted by atomic mass is 10.1. The van der Waals surface area contributed by atoms with Crippen LogP contribution in [0.2, 0.25) is 0 Å². The molecule has 0 spiro atoms. The molecule has 2 aromatic heterocycles. The van der Waals surface area contributed by atoms with Gasteiger partial charge >= 0.3 is 11.9 Å². The molecule has 138 valence electrons. The molecule has 9 heteroatoms. The van der Waals surface area contributed by atoms with Crippen molar-refractivity contribution in [3.63, 3.8) is 0 Å². The molecule has 26 heavy (non-hydrogen) atoms. The number of H-pyrrole nitrogens is 1. The van der Waals surface area contributed by atoms with Gasteiger partial charge in [0.2, 0.25) is 0 Å². The fraction of sp³-hybridized carbons (Fsp3) is 0.353. The molecule has 0 bridgehead atoms. The number of alkyl halides is 3. The summed E-state index contributed by atoms with van der Waals surface area (Å²) in [6.45, 7) is 1.84. The number of fused-ring (bicyclic) bond motifs is 1. The highest BCUT2D eigenvalue weighted by Gasteiger charge is 2.32. The molecule has 0 amide bonds. The highest BCUT2D eigenvalue weighted by Crippen LogP contribution is 2.34. The lowest BCUT2D eigenvalue weighted by Crippen LogP contribution is -2.30. The summed E-state index contributed by atoms with van der Waals surface area (Å²) in [5, 5.41) is 0.473. The highest BCUT2D eigenvalue weighted by molar-refractivity contribution is 5.90. The average Bonchev–Trinajstić information content (AvgIpc) is 3.09. The molecule has 0 aliphatic rings. The molecule has 2 heterocycles. The fourth-order valence-corrected chi connectivity index (χ4v) is 3.04. The van der Waals surface area contributed by atoms with Crippen molar-refractivity contribution >= 4 is 16.7 Å². The van der Waals surface area contributed by atoms with Gasteiger partial charge in [0.25, 0.3) is 0 Å². The molecule has 3 rings (SSSR count). The molecule has 1 atom stereocenters. The summed E-state index contributed by atoms with van der Waals surface area (Å²) in [7, 11) is 3.38. The van der Waals surface area contributed by atoms with Crippen LogP contribution < -0.4 is 10.6 Å². The molecule has 0 aliphatic carbocycles. The maximum absolute atomic E-state index is 13.2. The Kier molecular flexibility index (Phi) is 4.47. The number of benzene rings is 1. The van der Waals surface area contributed by atoms with E-state index in [-0.39, 0.29) is 5.52 Å². The second-order valence-corrected chi connectivity index (χ2v) is 6.14. The number of aromatic amines is 1. The van der Waals surface area contributed by atoms with Gasteiger partial charge in [0.05, 0.1) is 35.3 Å². The average molecular weight is 365 g/mol. The molecule has 6 nitrogen and oxygen atoms in total. The van der Waals surface area contributed by atoms with E-state index in [2.05, 4.69) is 15.0 Å². The van der Waals surface area contributed by atoms with Crippen molar-refractivity contribution in [3.05, 3.63) is 52.5 Å². The smallest absolute Gasteiger partial charge is 0.362 e. The van der Waals surface area contributed by atoms with Gasteiger partial charge in [-0.2, -0.15) is 18.2 Å². The van der Waals surface area contributed by atoms with E-state index in [1.165, 1.54) is 17.0 Å². The Morgan fingerprint density at radius 2 is 2.04 bits per heavy atom. The topological polar surface area (TPSA) is 66.8 Å². The minimum Gasteiger partial charge on any atom is -0.362 e. The quantitative estimate of drug-likeness (QED) is 0.771. The van der Waals surface area contributed by atoms with Crippen LogP contribution in [0.25, 0.3) is 10.9 Å². The molecule has 1 N–H and O–H groups in total. The first-order valence-electron chi connectivity index (χ1n) is 8.03. The van der Waals surface area contributed by atoms with Crippen LogP contribution >= 0.6 is 0 Å². The van der Waals surface area contributed by atoms with Crippen LogP contribution in [0.3, 0.4) is 0 Å². The SMILES string of the molecule is CC[C@H](c1cnc[nH]1)n1c(=O)nc(N(C)C)c2ccc(C(F)(F)F)cc21. The first-order chi connectivity index (χ1) is 12.2. The van der Waals surface area contributed by atoms with Gasteiger partial charge in [0.1, 0.15) is 5.82 Å². The summed E-state index contributed by atoms with van der Waals surface area (Å²) in [5.74, 6) is 0.328. The molecule has 0 aliphatic heterocycles. The summed E-state index contributed by atoms with van der Waals surface area (Å²) in [6.07, 6.45) is -1.00. The van der Waals surface area contributed by atoms with Crippen LogP contribution in [0.5, 0.6) is 0 Å². The molecule has 0 saturated carbocycles. The molecule has 0 fully saturated rings. The van der Waals surface area contributed by atoms with Gasteiger partial charge < -0.3 is 9.88 Å². The van der Waals surface area contributed by atoms with Crippen LogP contribution in [0.1, 0.15) is 30.6 Å². The van der Waals surface area contributed by atoms with Crippen molar-refractivity contribution in [1.82, 2.24) is 19.5 Å². The zero-order chi connectivity index (χ0) is 19.1. The molecule has 0 radical (unpaired) electrons. The van der Waals surface area contributed by atoms with E-state index in [4.69, 9.17) is 0 Å². The molecular formula is C17H18F3N5O.